The number of hydrogen-bond donors (Lipinski definition) is 3. The molecule has 0 heterocycles. The zero-order valence-corrected chi connectivity index (χ0v) is 7.45. The topological polar surface area (TPSA) is 60.7 Å². The molecule has 0 aliphatic heterocycles. The highest BCUT2D eigenvalue weighted by molar-refractivity contribution is 6.30. The van der Waals surface area contributed by atoms with Gasteiger partial charge < -0.3 is 15.1 Å². The summed E-state index contributed by atoms with van der Waals surface area (Å²) in [5.74, 6) is 0. The van der Waals surface area contributed by atoms with E-state index in [4.69, 9.17) is 15.1 Å². The van der Waals surface area contributed by atoms with Gasteiger partial charge in [0.2, 0.25) is 0 Å². The van der Waals surface area contributed by atoms with Gasteiger partial charge in [0, 0.05) is 0 Å². The Hall–Kier alpha value is -0.0551. The van der Waals surface area contributed by atoms with Gasteiger partial charge in [-0.05, 0) is 0 Å². The van der Waals surface area contributed by atoms with E-state index in [0.29, 0.717) is 0 Å². The lowest BCUT2D eigenvalue weighted by Gasteiger charge is -1.90. The van der Waals surface area contributed by atoms with E-state index < -0.39 is 7.32 Å². The van der Waals surface area contributed by atoms with Crippen LogP contribution in [0.3, 0.4) is 0 Å². The van der Waals surface area contributed by atoms with E-state index in [0.717, 1.165) is 0 Å². The van der Waals surface area contributed by atoms with Gasteiger partial charge in [0.25, 0.3) is 0 Å². The first-order chi connectivity index (χ1) is 5.15. The zero-order valence-electron chi connectivity index (χ0n) is 7.45. The highest BCUT2D eigenvalue weighted by Crippen LogP contribution is 2.00. The molecule has 0 fully saturated rings. The molecular weight excluding hydrogens is 143 g/mol. The van der Waals surface area contributed by atoms with Crippen LogP contribution in [0.2, 0.25) is 0 Å². The maximum Gasteiger partial charge on any atom is 0.631 e. The maximum absolute atomic E-state index is 7.17. The third-order valence-corrected chi connectivity index (χ3v) is 1.21. The Balaban J connectivity index is 0. The Morgan fingerprint density at radius 1 is 0.818 bits per heavy atom. The molecule has 4 heteroatoms. The molecule has 0 aromatic rings. The summed E-state index contributed by atoms with van der Waals surface area (Å²) in [6, 6.07) is 0. The second kappa shape index (κ2) is 12.6. The molecular formula is C7H19BO3. The van der Waals surface area contributed by atoms with Crippen molar-refractivity contribution in [2.24, 2.45) is 0 Å². The summed E-state index contributed by atoms with van der Waals surface area (Å²) in [6.45, 7) is 4.49. The first-order valence-corrected chi connectivity index (χ1v) is 4.19. The minimum absolute atomic E-state index is 1.36. The quantitative estimate of drug-likeness (QED) is 0.425. The van der Waals surface area contributed by atoms with Gasteiger partial charge in [0.1, 0.15) is 0 Å². The van der Waals surface area contributed by atoms with Crippen molar-refractivity contribution >= 4 is 7.32 Å². The Morgan fingerprint density at radius 2 is 1.09 bits per heavy atom. The lowest BCUT2D eigenvalue weighted by molar-refractivity contribution is 0.278. The third-order valence-electron chi connectivity index (χ3n) is 1.21. The molecule has 0 saturated carbocycles. The molecule has 0 saturated heterocycles. The van der Waals surface area contributed by atoms with Crippen molar-refractivity contribution in [1.82, 2.24) is 0 Å². The van der Waals surface area contributed by atoms with Crippen molar-refractivity contribution in [3.63, 3.8) is 0 Å². The minimum Gasteiger partial charge on any atom is -0.402 e. The van der Waals surface area contributed by atoms with Crippen molar-refractivity contribution in [3.05, 3.63) is 0 Å². The summed E-state index contributed by atoms with van der Waals surface area (Å²) in [5.41, 5.74) is 0. The third kappa shape index (κ3) is 40.3. The standard InChI is InChI=1S/C7H16.BH3O3/c1-3-5-7-6-4-2;2-1(3)4/h3-7H2,1-2H3;2-4H. The summed E-state index contributed by atoms with van der Waals surface area (Å²) >= 11 is 0. The van der Waals surface area contributed by atoms with E-state index >= 15 is 0 Å². The van der Waals surface area contributed by atoms with Gasteiger partial charge in [-0.3, -0.25) is 0 Å². The van der Waals surface area contributed by atoms with Crippen LogP contribution < -0.4 is 0 Å². The van der Waals surface area contributed by atoms with E-state index in [-0.39, 0.29) is 0 Å². The fraction of sp³-hybridized carbons (Fsp3) is 1.00. The Kier molecular flexibility index (Phi) is 15.5. The van der Waals surface area contributed by atoms with Crippen molar-refractivity contribution < 1.29 is 15.1 Å². The SMILES string of the molecule is CCCCCCC.OB(O)O. The van der Waals surface area contributed by atoms with E-state index in [1.54, 1.807) is 0 Å². The molecule has 68 valence electrons. The van der Waals surface area contributed by atoms with Crippen LogP contribution in [0.4, 0.5) is 0 Å². The highest BCUT2D eigenvalue weighted by atomic mass is 16.5. The van der Waals surface area contributed by atoms with E-state index in [1.165, 1.54) is 32.1 Å². The molecule has 0 aliphatic rings. The summed E-state index contributed by atoms with van der Waals surface area (Å²) in [6.07, 6.45) is 7.01. The van der Waals surface area contributed by atoms with Crippen molar-refractivity contribution in [2.45, 2.75) is 46.0 Å². The summed E-state index contributed by atoms with van der Waals surface area (Å²) in [5, 5.41) is 21.5. The molecule has 0 aromatic carbocycles. The highest BCUT2D eigenvalue weighted by Gasteiger charge is 1.92. The fourth-order valence-corrected chi connectivity index (χ4v) is 0.677. The number of unbranched alkanes of at least 4 members (excludes halogenated alkanes) is 4. The first-order valence-electron chi connectivity index (χ1n) is 4.19. The van der Waals surface area contributed by atoms with Gasteiger partial charge >= 0.3 is 7.32 Å². The molecule has 0 aromatic heterocycles. The molecule has 11 heavy (non-hydrogen) atoms. The van der Waals surface area contributed by atoms with Gasteiger partial charge in [-0.1, -0.05) is 46.0 Å². The second-order valence-corrected chi connectivity index (χ2v) is 2.41. The first kappa shape index (κ1) is 13.5. The lowest BCUT2D eigenvalue weighted by Crippen LogP contribution is -2.07. The van der Waals surface area contributed by atoms with Crippen LogP contribution in [0.15, 0.2) is 0 Å². The molecule has 3 nitrogen and oxygen atoms in total. The van der Waals surface area contributed by atoms with Crippen molar-refractivity contribution in [1.29, 1.82) is 0 Å². The average molecular weight is 162 g/mol. The van der Waals surface area contributed by atoms with Crippen molar-refractivity contribution in [3.8, 4) is 0 Å². The van der Waals surface area contributed by atoms with Crippen LogP contribution in [0.5, 0.6) is 0 Å². The van der Waals surface area contributed by atoms with Gasteiger partial charge in [0.05, 0.1) is 0 Å². The maximum atomic E-state index is 7.17. The van der Waals surface area contributed by atoms with Crippen LogP contribution in [0.25, 0.3) is 0 Å². The largest absolute Gasteiger partial charge is 0.631 e. The van der Waals surface area contributed by atoms with Crippen LogP contribution in [0.1, 0.15) is 46.0 Å². The molecule has 3 N–H and O–H groups in total. The van der Waals surface area contributed by atoms with Gasteiger partial charge in [-0.2, -0.15) is 0 Å². The molecule has 0 rings (SSSR count). The molecule has 0 spiro atoms. The molecule has 0 atom stereocenters. The van der Waals surface area contributed by atoms with Crippen LogP contribution in [-0.2, 0) is 0 Å². The minimum atomic E-state index is -2.17. The lowest BCUT2D eigenvalue weighted by atomic mass is 10.2. The van der Waals surface area contributed by atoms with Crippen molar-refractivity contribution in [2.75, 3.05) is 0 Å². The summed E-state index contributed by atoms with van der Waals surface area (Å²) < 4.78 is 0. The van der Waals surface area contributed by atoms with Crippen LogP contribution in [-0.4, -0.2) is 22.4 Å². The second-order valence-electron chi connectivity index (χ2n) is 2.41. The van der Waals surface area contributed by atoms with E-state index in [2.05, 4.69) is 13.8 Å². The van der Waals surface area contributed by atoms with Crippen LogP contribution in [0, 0.1) is 0 Å². The summed E-state index contributed by atoms with van der Waals surface area (Å²) in [7, 11) is -2.17. The molecule has 0 unspecified atom stereocenters. The van der Waals surface area contributed by atoms with Gasteiger partial charge in [-0.15, -0.1) is 0 Å². The van der Waals surface area contributed by atoms with Gasteiger partial charge in [0.15, 0.2) is 0 Å². The van der Waals surface area contributed by atoms with E-state index in [9.17, 15) is 0 Å². The normalized spacial score (nSPS) is 8.45. The smallest absolute Gasteiger partial charge is 0.402 e. The van der Waals surface area contributed by atoms with Crippen LogP contribution >= 0.6 is 0 Å². The van der Waals surface area contributed by atoms with E-state index in [1.807, 2.05) is 0 Å². The monoisotopic (exact) mass is 162 g/mol. The fourth-order valence-electron chi connectivity index (χ4n) is 0.677. The number of rotatable bonds is 4. The Morgan fingerprint density at radius 3 is 1.27 bits per heavy atom. The average Bonchev–Trinajstić information content (AvgIpc) is 1.88. The summed E-state index contributed by atoms with van der Waals surface area (Å²) in [4.78, 5) is 0. The predicted octanol–water partition coefficient (Wildman–Crippen LogP) is 0.925. The molecule has 0 aliphatic carbocycles. The predicted molar refractivity (Wildman–Crippen MR) is 46.8 cm³/mol. The molecule has 0 radical (unpaired) electrons. The zero-order chi connectivity index (χ0) is 9.11. The Labute approximate surface area is 69.2 Å². The Bertz CT molecular complexity index is 52.9. The molecule has 0 amide bonds. The molecule has 0 bridgehead atoms. The van der Waals surface area contributed by atoms with Gasteiger partial charge in [-0.25, -0.2) is 0 Å². The number of hydrogen-bond acceptors (Lipinski definition) is 3.